The molecule has 0 saturated heterocycles. The molecule has 2 N–H and O–H groups in total. The molecule has 3 nitrogen and oxygen atoms in total. The summed E-state index contributed by atoms with van der Waals surface area (Å²) in [7, 11) is 0. The van der Waals surface area contributed by atoms with Crippen molar-refractivity contribution in [3.05, 3.63) is 34.6 Å². The number of amides is 1. The van der Waals surface area contributed by atoms with Crippen LogP contribution in [0.5, 0.6) is 0 Å². The topological polar surface area (TPSA) is 49.3 Å². The molecule has 1 aromatic rings. The number of halogens is 2. The summed E-state index contributed by atoms with van der Waals surface area (Å²) >= 11 is 5.59. The van der Waals surface area contributed by atoms with Gasteiger partial charge in [-0.05, 0) is 24.1 Å². The molecule has 94 valence electrons. The zero-order valence-corrected chi connectivity index (χ0v) is 10.5. The Labute approximate surface area is 105 Å². The van der Waals surface area contributed by atoms with Crippen molar-refractivity contribution in [2.24, 2.45) is 5.92 Å². The van der Waals surface area contributed by atoms with Gasteiger partial charge in [0.1, 0.15) is 5.82 Å². The monoisotopic (exact) mass is 259 g/mol. The summed E-state index contributed by atoms with van der Waals surface area (Å²) in [5.74, 6) is -1.15. The van der Waals surface area contributed by atoms with Crippen LogP contribution in [-0.2, 0) is 0 Å². The molecule has 1 rings (SSSR count). The van der Waals surface area contributed by atoms with Crippen LogP contribution in [0.15, 0.2) is 18.2 Å². The molecule has 1 amide bonds. The molecular formula is C12H15ClFNO2. The van der Waals surface area contributed by atoms with E-state index in [0.29, 0.717) is 0 Å². The fourth-order valence-corrected chi connectivity index (χ4v) is 1.50. The maximum atomic E-state index is 13.4. The lowest BCUT2D eigenvalue weighted by atomic mass is 10.0. The van der Waals surface area contributed by atoms with Gasteiger partial charge < -0.3 is 10.4 Å². The molecule has 0 aliphatic heterocycles. The summed E-state index contributed by atoms with van der Waals surface area (Å²) in [6.45, 7) is 3.54. The van der Waals surface area contributed by atoms with E-state index >= 15 is 0 Å². The van der Waals surface area contributed by atoms with Gasteiger partial charge in [-0.15, -0.1) is 0 Å². The van der Waals surface area contributed by atoms with Crippen molar-refractivity contribution < 1.29 is 14.3 Å². The highest BCUT2D eigenvalue weighted by Crippen LogP contribution is 2.15. The predicted octanol–water partition coefficient (Wildman–Crippen LogP) is 2.23. The van der Waals surface area contributed by atoms with Crippen LogP contribution in [0.3, 0.4) is 0 Å². The molecule has 1 aromatic carbocycles. The minimum Gasteiger partial charge on any atom is -0.394 e. The third-order valence-corrected chi connectivity index (χ3v) is 2.73. The highest BCUT2D eigenvalue weighted by Gasteiger charge is 2.18. The van der Waals surface area contributed by atoms with E-state index < -0.39 is 17.8 Å². The molecule has 0 saturated carbocycles. The van der Waals surface area contributed by atoms with Gasteiger partial charge in [-0.3, -0.25) is 4.79 Å². The number of aliphatic hydroxyl groups is 1. The van der Waals surface area contributed by atoms with E-state index in [-0.39, 0.29) is 23.1 Å². The van der Waals surface area contributed by atoms with Crippen molar-refractivity contribution in [2.45, 2.75) is 19.9 Å². The molecular weight excluding hydrogens is 245 g/mol. The zero-order valence-electron chi connectivity index (χ0n) is 9.71. The van der Waals surface area contributed by atoms with E-state index in [1.807, 2.05) is 13.8 Å². The first kappa shape index (κ1) is 13.9. The van der Waals surface area contributed by atoms with Crippen LogP contribution >= 0.6 is 11.6 Å². The van der Waals surface area contributed by atoms with E-state index in [9.17, 15) is 9.18 Å². The molecule has 0 unspecified atom stereocenters. The Morgan fingerprint density at radius 3 is 2.65 bits per heavy atom. The molecule has 0 aliphatic rings. The Morgan fingerprint density at radius 2 is 2.18 bits per heavy atom. The summed E-state index contributed by atoms with van der Waals surface area (Å²) in [5, 5.41) is 11.9. The van der Waals surface area contributed by atoms with Gasteiger partial charge in [0.05, 0.1) is 18.2 Å². The average Bonchev–Trinajstić information content (AvgIpc) is 2.24. The molecule has 1 atom stereocenters. The molecule has 0 radical (unpaired) electrons. The van der Waals surface area contributed by atoms with Crippen molar-refractivity contribution in [1.29, 1.82) is 0 Å². The van der Waals surface area contributed by atoms with Gasteiger partial charge in [0.2, 0.25) is 0 Å². The molecule has 17 heavy (non-hydrogen) atoms. The van der Waals surface area contributed by atoms with E-state index in [0.717, 1.165) is 6.07 Å². The third kappa shape index (κ3) is 3.68. The standard InChI is InChI=1S/C12H15ClFNO2/c1-7(2)11(6-16)15-12(17)9-4-3-8(13)5-10(9)14/h3-5,7,11,16H,6H2,1-2H3,(H,15,17)/t11-/m1/s1. The van der Waals surface area contributed by atoms with Gasteiger partial charge in [-0.1, -0.05) is 25.4 Å². The largest absolute Gasteiger partial charge is 0.394 e. The van der Waals surface area contributed by atoms with Crippen LogP contribution in [0.4, 0.5) is 4.39 Å². The van der Waals surface area contributed by atoms with E-state index in [4.69, 9.17) is 16.7 Å². The second-order valence-corrected chi connectivity index (χ2v) is 4.57. The molecule has 0 heterocycles. The lowest BCUT2D eigenvalue weighted by molar-refractivity contribution is 0.0893. The van der Waals surface area contributed by atoms with Crippen LogP contribution in [0.2, 0.25) is 5.02 Å². The van der Waals surface area contributed by atoms with Gasteiger partial charge in [-0.2, -0.15) is 0 Å². The first-order valence-electron chi connectivity index (χ1n) is 5.32. The molecule has 0 fully saturated rings. The first-order chi connectivity index (χ1) is 7.95. The van der Waals surface area contributed by atoms with Crippen molar-refractivity contribution in [3.63, 3.8) is 0 Å². The van der Waals surface area contributed by atoms with Gasteiger partial charge in [0.25, 0.3) is 5.91 Å². The van der Waals surface area contributed by atoms with E-state index in [2.05, 4.69) is 5.32 Å². The van der Waals surface area contributed by atoms with Crippen LogP contribution in [-0.4, -0.2) is 23.7 Å². The third-order valence-electron chi connectivity index (χ3n) is 2.49. The molecule has 5 heteroatoms. The number of rotatable bonds is 4. The Morgan fingerprint density at radius 1 is 1.53 bits per heavy atom. The first-order valence-corrected chi connectivity index (χ1v) is 5.70. The zero-order chi connectivity index (χ0) is 13.0. The number of benzene rings is 1. The SMILES string of the molecule is CC(C)[C@@H](CO)NC(=O)c1ccc(Cl)cc1F. The normalized spacial score (nSPS) is 12.6. The number of carbonyl (C=O) groups excluding carboxylic acids is 1. The van der Waals surface area contributed by atoms with Crippen LogP contribution in [0.1, 0.15) is 24.2 Å². The van der Waals surface area contributed by atoms with Crippen LogP contribution < -0.4 is 5.32 Å². The Kier molecular flexibility index (Phi) is 4.90. The number of aliphatic hydroxyl groups excluding tert-OH is 1. The fraction of sp³-hybridized carbons (Fsp3) is 0.417. The fourth-order valence-electron chi connectivity index (χ4n) is 1.34. The lowest BCUT2D eigenvalue weighted by Gasteiger charge is -2.20. The minimum absolute atomic E-state index is 0.0688. The summed E-state index contributed by atoms with van der Waals surface area (Å²) in [6, 6.07) is 3.46. The Balaban J connectivity index is 2.82. The van der Waals surface area contributed by atoms with E-state index in [1.165, 1.54) is 12.1 Å². The summed E-state index contributed by atoms with van der Waals surface area (Å²) < 4.78 is 13.4. The Hall–Kier alpha value is -1.13. The maximum Gasteiger partial charge on any atom is 0.254 e. The van der Waals surface area contributed by atoms with Crippen LogP contribution in [0.25, 0.3) is 0 Å². The highest BCUT2D eigenvalue weighted by molar-refractivity contribution is 6.30. The molecule has 0 aliphatic carbocycles. The number of nitrogens with one attached hydrogen (secondary N) is 1. The molecule has 0 bridgehead atoms. The number of hydrogen-bond donors (Lipinski definition) is 2. The van der Waals surface area contributed by atoms with Gasteiger partial charge in [0, 0.05) is 5.02 Å². The summed E-state index contributed by atoms with van der Waals surface area (Å²) in [5.41, 5.74) is -0.0755. The smallest absolute Gasteiger partial charge is 0.254 e. The van der Waals surface area contributed by atoms with Crippen molar-refractivity contribution >= 4 is 17.5 Å². The second-order valence-electron chi connectivity index (χ2n) is 4.13. The molecule has 0 spiro atoms. The van der Waals surface area contributed by atoms with Gasteiger partial charge >= 0.3 is 0 Å². The van der Waals surface area contributed by atoms with Crippen molar-refractivity contribution in [3.8, 4) is 0 Å². The van der Waals surface area contributed by atoms with Crippen LogP contribution in [0, 0.1) is 11.7 Å². The second kappa shape index (κ2) is 5.98. The number of carbonyl (C=O) groups is 1. The Bertz CT molecular complexity index is 409. The predicted molar refractivity (Wildman–Crippen MR) is 64.6 cm³/mol. The summed E-state index contributed by atoms with van der Waals surface area (Å²) in [4.78, 5) is 11.7. The minimum atomic E-state index is -0.671. The molecule has 0 aromatic heterocycles. The van der Waals surface area contributed by atoms with Crippen molar-refractivity contribution in [2.75, 3.05) is 6.61 Å². The quantitative estimate of drug-likeness (QED) is 0.871. The maximum absolute atomic E-state index is 13.4. The number of hydrogen-bond acceptors (Lipinski definition) is 2. The summed E-state index contributed by atoms with van der Waals surface area (Å²) in [6.07, 6.45) is 0. The van der Waals surface area contributed by atoms with E-state index in [1.54, 1.807) is 0 Å². The average molecular weight is 260 g/mol. The lowest BCUT2D eigenvalue weighted by Crippen LogP contribution is -2.41. The van der Waals surface area contributed by atoms with Gasteiger partial charge in [0.15, 0.2) is 0 Å². The van der Waals surface area contributed by atoms with Gasteiger partial charge in [-0.25, -0.2) is 4.39 Å². The van der Waals surface area contributed by atoms with Crippen molar-refractivity contribution in [1.82, 2.24) is 5.32 Å². The highest BCUT2D eigenvalue weighted by atomic mass is 35.5.